The predicted molar refractivity (Wildman–Crippen MR) is 72.7 cm³/mol. The first-order chi connectivity index (χ1) is 9.72. The van der Waals surface area contributed by atoms with Gasteiger partial charge < -0.3 is 19.5 Å². The third-order valence-corrected chi connectivity index (χ3v) is 2.78. The Morgan fingerprint density at radius 3 is 2.65 bits per heavy atom. The van der Waals surface area contributed by atoms with E-state index in [1.54, 1.807) is 0 Å². The lowest BCUT2D eigenvalue weighted by Gasteiger charge is -2.19. The number of fused-ring (bicyclic) bond motifs is 1. The minimum Gasteiger partial charge on any atom is -0.486 e. The van der Waals surface area contributed by atoms with Crippen molar-refractivity contribution in [1.29, 1.82) is 0 Å². The van der Waals surface area contributed by atoms with E-state index in [9.17, 15) is 10.1 Å². The van der Waals surface area contributed by atoms with Gasteiger partial charge in [0.1, 0.15) is 19.8 Å². The van der Waals surface area contributed by atoms with Crippen LogP contribution in [-0.2, 0) is 0 Å². The molecule has 7 heteroatoms. The SMILES string of the molecule is CCCNCCOc1cc2c(cc1[N+](=O)[O-])OCCO2. The van der Waals surface area contributed by atoms with Crippen molar-refractivity contribution in [2.75, 3.05) is 32.9 Å². The molecule has 2 rings (SSSR count). The van der Waals surface area contributed by atoms with E-state index >= 15 is 0 Å². The normalized spacial score (nSPS) is 13.1. The molecule has 0 saturated carbocycles. The van der Waals surface area contributed by atoms with Crippen molar-refractivity contribution in [2.45, 2.75) is 13.3 Å². The van der Waals surface area contributed by atoms with Crippen LogP contribution >= 0.6 is 0 Å². The van der Waals surface area contributed by atoms with Gasteiger partial charge in [-0.3, -0.25) is 10.1 Å². The van der Waals surface area contributed by atoms with Crippen LogP contribution in [0, 0.1) is 10.1 Å². The Labute approximate surface area is 117 Å². The van der Waals surface area contributed by atoms with Gasteiger partial charge in [-0.05, 0) is 13.0 Å². The number of hydrogen-bond acceptors (Lipinski definition) is 6. The molecule has 1 heterocycles. The Balaban J connectivity index is 2.07. The number of benzene rings is 1. The second-order valence-electron chi connectivity index (χ2n) is 4.32. The molecule has 0 aromatic heterocycles. The first kappa shape index (κ1) is 14.4. The summed E-state index contributed by atoms with van der Waals surface area (Å²) in [6.07, 6.45) is 1.03. The third-order valence-electron chi connectivity index (χ3n) is 2.78. The number of nitro benzene ring substituents is 1. The maximum Gasteiger partial charge on any atom is 0.314 e. The number of nitrogens with one attached hydrogen (secondary N) is 1. The number of rotatable bonds is 7. The molecule has 20 heavy (non-hydrogen) atoms. The Kier molecular flexibility index (Phi) is 5.00. The van der Waals surface area contributed by atoms with Crippen LogP contribution in [0.15, 0.2) is 12.1 Å². The van der Waals surface area contributed by atoms with Crippen LogP contribution in [0.1, 0.15) is 13.3 Å². The Morgan fingerprint density at radius 1 is 1.30 bits per heavy atom. The Bertz CT molecular complexity index is 478. The van der Waals surface area contributed by atoms with Gasteiger partial charge in [-0.15, -0.1) is 0 Å². The van der Waals surface area contributed by atoms with Gasteiger partial charge in [0.05, 0.1) is 11.0 Å². The molecule has 0 atom stereocenters. The number of nitrogens with zero attached hydrogens (tertiary/aromatic N) is 1. The van der Waals surface area contributed by atoms with Gasteiger partial charge in [0, 0.05) is 12.6 Å². The molecule has 1 aromatic carbocycles. The van der Waals surface area contributed by atoms with E-state index in [1.165, 1.54) is 12.1 Å². The van der Waals surface area contributed by atoms with Gasteiger partial charge in [0.2, 0.25) is 5.75 Å². The molecule has 0 radical (unpaired) electrons. The minimum absolute atomic E-state index is 0.107. The van der Waals surface area contributed by atoms with Crippen LogP contribution in [-0.4, -0.2) is 37.8 Å². The van der Waals surface area contributed by atoms with E-state index in [2.05, 4.69) is 12.2 Å². The molecule has 0 aliphatic carbocycles. The molecular weight excluding hydrogens is 264 g/mol. The van der Waals surface area contributed by atoms with Crippen molar-refractivity contribution < 1.29 is 19.1 Å². The third kappa shape index (κ3) is 3.51. The summed E-state index contributed by atoms with van der Waals surface area (Å²) in [5.74, 6) is 1.08. The molecular formula is C13H18N2O5. The maximum absolute atomic E-state index is 11.1. The molecule has 1 N–H and O–H groups in total. The van der Waals surface area contributed by atoms with Crippen LogP contribution in [0.2, 0.25) is 0 Å². The number of nitro groups is 1. The fourth-order valence-electron chi connectivity index (χ4n) is 1.85. The van der Waals surface area contributed by atoms with E-state index < -0.39 is 4.92 Å². The van der Waals surface area contributed by atoms with E-state index in [1.807, 2.05) is 0 Å². The minimum atomic E-state index is -0.479. The van der Waals surface area contributed by atoms with E-state index in [4.69, 9.17) is 14.2 Å². The van der Waals surface area contributed by atoms with Crippen molar-refractivity contribution >= 4 is 5.69 Å². The van der Waals surface area contributed by atoms with Crippen LogP contribution in [0.25, 0.3) is 0 Å². The van der Waals surface area contributed by atoms with Crippen LogP contribution in [0.5, 0.6) is 17.2 Å². The topological polar surface area (TPSA) is 82.9 Å². The fourth-order valence-corrected chi connectivity index (χ4v) is 1.85. The van der Waals surface area contributed by atoms with Gasteiger partial charge in [0.25, 0.3) is 0 Å². The van der Waals surface area contributed by atoms with Gasteiger partial charge in [-0.25, -0.2) is 0 Å². The fraction of sp³-hybridized carbons (Fsp3) is 0.538. The highest BCUT2D eigenvalue weighted by atomic mass is 16.6. The summed E-state index contributed by atoms with van der Waals surface area (Å²) in [7, 11) is 0. The van der Waals surface area contributed by atoms with Gasteiger partial charge in [-0.1, -0.05) is 6.92 Å². The summed E-state index contributed by atoms with van der Waals surface area (Å²) in [5.41, 5.74) is -0.107. The zero-order valence-corrected chi connectivity index (χ0v) is 11.4. The highest BCUT2D eigenvalue weighted by molar-refractivity contribution is 5.58. The van der Waals surface area contributed by atoms with Gasteiger partial charge in [0.15, 0.2) is 11.5 Å². The Hall–Kier alpha value is -2.02. The molecule has 0 spiro atoms. The monoisotopic (exact) mass is 282 g/mol. The van der Waals surface area contributed by atoms with E-state index in [0.717, 1.165) is 13.0 Å². The largest absolute Gasteiger partial charge is 0.486 e. The second kappa shape index (κ2) is 6.95. The van der Waals surface area contributed by atoms with Crippen molar-refractivity contribution in [3.05, 3.63) is 22.2 Å². The summed E-state index contributed by atoms with van der Waals surface area (Å²) in [6, 6.07) is 2.87. The number of ether oxygens (including phenoxy) is 3. The molecule has 110 valence electrons. The van der Waals surface area contributed by atoms with Crippen molar-refractivity contribution in [3.8, 4) is 17.2 Å². The van der Waals surface area contributed by atoms with Gasteiger partial charge in [-0.2, -0.15) is 0 Å². The van der Waals surface area contributed by atoms with Crippen molar-refractivity contribution in [3.63, 3.8) is 0 Å². The van der Waals surface area contributed by atoms with Crippen LogP contribution in [0.4, 0.5) is 5.69 Å². The molecule has 1 aliphatic rings. The molecule has 0 amide bonds. The summed E-state index contributed by atoms with van der Waals surface area (Å²) in [4.78, 5) is 10.6. The lowest BCUT2D eigenvalue weighted by atomic mass is 10.2. The molecule has 1 aliphatic heterocycles. The van der Waals surface area contributed by atoms with Gasteiger partial charge >= 0.3 is 5.69 Å². The van der Waals surface area contributed by atoms with Crippen LogP contribution in [0.3, 0.4) is 0 Å². The first-order valence-corrected chi connectivity index (χ1v) is 6.64. The standard InChI is InChI=1S/C13H18N2O5/c1-2-3-14-4-5-18-11-9-13-12(19-6-7-20-13)8-10(11)15(16)17/h8-9,14H,2-7H2,1H3. The molecule has 0 bridgehead atoms. The maximum atomic E-state index is 11.1. The second-order valence-corrected chi connectivity index (χ2v) is 4.32. The van der Waals surface area contributed by atoms with Crippen molar-refractivity contribution in [2.24, 2.45) is 0 Å². The highest BCUT2D eigenvalue weighted by Crippen LogP contribution is 2.40. The van der Waals surface area contributed by atoms with Crippen LogP contribution < -0.4 is 19.5 Å². The zero-order valence-electron chi connectivity index (χ0n) is 11.4. The molecule has 0 unspecified atom stereocenters. The summed E-state index contributed by atoms with van der Waals surface area (Å²) < 4.78 is 16.2. The zero-order chi connectivity index (χ0) is 14.4. The molecule has 1 aromatic rings. The summed E-state index contributed by atoms with van der Waals surface area (Å²) in [6.45, 7) is 4.79. The van der Waals surface area contributed by atoms with E-state index in [0.29, 0.717) is 37.9 Å². The lowest BCUT2D eigenvalue weighted by molar-refractivity contribution is -0.386. The highest BCUT2D eigenvalue weighted by Gasteiger charge is 2.23. The average molecular weight is 282 g/mol. The van der Waals surface area contributed by atoms with E-state index in [-0.39, 0.29) is 11.4 Å². The number of hydrogen-bond donors (Lipinski definition) is 1. The molecule has 0 fully saturated rings. The van der Waals surface area contributed by atoms with Crippen molar-refractivity contribution in [1.82, 2.24) is 5.32 Å². The summed E-state index contributed by atoms with van der Waals surface area (Å²) in [5, 5.41) is 14.2. The smallest absolute Gasteiger partial charge is 0.314 e. The molecule has 0 saturated heterocycles. The predicted octanol–water partition coefficient (Wildman–Crippen LogP) is 1.74. The molecule has 7 nitrogen and oxygen atoms in total. The average Bonchev–Trinajstić information content (AvgIpc) is 2.46. The summed E-state index contributed by atoms with van der Waals surface area (Å²) >= 11 is 0. The first-order valence-electron chi connectivity index (χ1n) is 6.64. The quantitative estimate of drug-likeness (QED) is 0.466. The lowest BCUT2D eigenvalue weighted by Crippen LogP contribution is -2.22. The Morgan fingerprint density at radius 2 is 2.00 bits per heavy atom.